The van der Waals surface area contributed by atoms with Crippen LogP contribution < -0.4 is 5.32 Å². The molecule has 1 aliphatic heterocycles. The van der Waals surface area contributed by atoms with Crippen molar-refractivity contribution >= 4 is 23.8 Å². The van der Waals surface area contributed by atoms with Crippen LogP contribution in [0.4, 0.5) is 0 Å². The lowest BCUT2D eigenvalue weighted by molar-refractivity contribution is -0.144. The van der Waals surface area contributed by atoms with E-state index in [2.05, 4.69) is 5.32 Å². The smallest absolute Gasteiger partial charge is 0.326 e. The average Bonchev–Trinajstić information content (AvgIpc) is 2.42. The Hall–Kier alpha value is -2.12. The van der Waals surface area contributed by atoms with E-state index < -0.39 is 23.9 Å². The van der Waals surface area contributed by atoms with Crippen LogP contribution >= 0.6 is 0 Å². The third kappa shape index (κ3) is 5.41. The van der Waals surface area contributed by atoms with Crippen LogP contribution in [0.1, 0.15) is 32.6 Å². The number of nitrogens with zero attached hydrogens (tertiary/aromatic N) is 1. The van der Waals surface area contributed by atoms with Crippen LogP contribution in [0, 0.1) is 5.92 Å². The topological polar surface area (TPSA) is 124 Å². The third-order valence-corrected chi connectivity index (χ3v) is 3.57. The predicted octanol–water partition coefficient (Wildman–Crippen LogP) is -0.321. The number of carboxylic acid groups (broad SMARTS) is 2. The maximum Gasteiger partial charge on any atom is 0.326 e. The molecule has 0 radical (unpaired) electrons. The zero-order chi connectivity index (χ0) is 16.0. The summed E-state index contributed by atoms with van der Waals surface area (Å²) in [6.45, 7) is 2.41. The van der Waals surface area contributed by atoms with Crippen molar-refractivity contribution < 1.29 is 29.4 Å². The van der Waals surface area contributed by atoms with E-state index in [9.17, 15) is 19.2 Å². The molecule has 8 nitrogen and oxygen atoms in total. The fourth-order valence-corrected chi connectivity index (χ4v) is 2.27. The standard InChI is InChI=1S/C13H20N2O6/c1-8(16)15-6-4-9(5-7-15)12(19)14-10(13(20)21)2-3-11(17)18/h9-10H,2-7H2,1H3,(H,14,19)(H,17,18)(H,20,21). The van der Waals surface area contributed by atoms with Gasteiger partial charge >= 0.3 is 11.9 Å². The Kier molecular flexibility index (Phi) is 6.13. The lowest BCUT2D eigenvalue weighted by atomic mass is 9.95. The summed E-state index contributed by atoms with van der Waals surface area (Å²) >= 11 is 0. The number of likely N-dealkylation sites (tertiary alicyclic amines) is 1. The lowest BCUT2D eigenvalue weighted by Crippen LogP contribution is -2.47. The van der Waals surface area contributed by atoms with Gasteiger partial charge in [0.1, 0.15) is 6.04 Å². The number of amides is 2. The Bertz CT molecular complexity index is 428. The first-order valence-corrected chi connectivity index (χ1v) is 6.81. The van der Waals surface area contributed by atoms with Crippen molar-refractivity contribution in [1.29, 1.82) is 0 Å². The molecule has 1 aliphatic rings. The normalized spacial score (nSPS) is 17.1. The average molecular weight is 300 g/mol. The number of carboxylic acids is 2. The monoisotopic (exact) mass is 300 g/mol. The van der Waals surface area contributed by atoms with Crippen molar-refractivity contribution in [2.45, 2.75) is 38.6 Å². The number of piperidine rings is 1. The van der Waals surface area contributed by atoms with Crippen molar-refractivity contribution in [3.05, 3.63) is 0 Å². The molecule has 1 rings (SSSR count). The highest BCUT2D eigenvalue weighted by atomic mass is 16.4. The van der Waals surface area contributed by atoms with E-state index in [1.807, 2.05) is 0 Å². The molecule has 0 aromatic rings. The van der Waals surface area contributed by atoms with Crippen LogP contribution in [0.25, 0.3) is 0 Å². The minimum atomic E-state index is -1.24. The second-order valence-corrected chi connectivity index (χ2v) is 5.11. The summed E-state index contributed by atoms with van der Waals surface area (Å²) in [6, 6.07) is -1.19. The van der Waals surface area contributed by atoms with Gasteiger partial charge in [-0.05, 0) is 19.3 Å². The molecule has 0 aliphatic carbocycles. The summed E-state index contributed by atoms with van der Waals surface area (Å²) in [6.07, 6.45) is 0.496. The highest BCUT2D eigenvalue weighted by Crippen LogP contribution is 2.17. The molecule has 2 amide bonds. The first-order chi connectivity index (χ1) is 9.81. The van der Waals surface area contributed by atoms with Crippen LogP contribution in [0.5, 0.6) is 0 Å². The van der Waals surface area contributed by atoms with E-state index in [1.165, 1.54) is 6.92 Å². The molecule has 1 atom stereocenters. The molecule has 0 saturated carbocycles. The molecule has 0 aromatic heterocycles. The SMILES string of the molecule is CC(=O)N1CCC(C(=O)NC(CCC(=O)O)C(=O)O)CC1. The number of rotatable bonds is 6. The number of carbonyl (C=O) groups is 4. The van der Waals surface area contributed by atoms with E-state index in [0.717, 1.165) is 0 Å². The summed E-state index contributed by atoms with van der Waals surface area (Å²) in [5.74, 6) is -3.13. The fraction of sp³-hybridized carbons (Fsp3) is 0.692. The minimum absolute atomic E-state index is 0.0428. The second kappa shape index (κ2) is 7.61. The van der Waals surface area contributed by atoms with Gasteiger partial charge in [-0.2, -0.15) is 0 Å². The number of aliphatic carboxylic acids is 2. The number of carbonyl (C=O) groups excluding carboxylic acids is 2. The van der Waals surface area contributed by atoms with Gasteiger partial charge in [-0.15, -0.1) is 0 Å². The van der Waals surface area contributed by atoms with Gasteiger partial charge in [0.05, 0.1) is 0 Å². The first kappa shape index (κ1) is 16.9. The van der Waals surface area contributed by atoms with Crippen molar-refractivity contribution in [3.63, 3.8) is 0 Å². The number of nitrogens with one attached hydrogen (secondary N) is 1. The molecule has 0 aromatic carbocycles. The number of hydrogen-bond acceptors (Lipinski definition) is 4. The molecule has 21 heavy (non-hydrogen) atoms. The van der Waals surface area contributed by atoms with Crippen LogP contribution in [0.3, 0.4) is 0 Å². The molecular weight excluding hydrogens is 280 g/mol. The Balaban J connectivity index is 2.49. The molecule has 118 valence electrons. The van der Waals surface area contributed by atoms with Crippen molar-refractivity contribution in [2.24, 2.45) is 5.92 Å². The zero-order valence-electron chi connectivity index (χ0n) is 11.9. The van der Waals surface area contributed by atoms with Gasteiger partial charge in [0.25, 0.3) is 0 Å². The van der Waals surface area contributed by atoms with Crippen LogP contribution in [-0.4, -0.2) is 58.0 Å². The Labute approximate surface area is 122 Å². The summed E-state index contributed by atoms with van der Waals surface area (Å²) in [5.41, 5.74) is 0. The van der Waals surface area contributed by atoms with E-state index in [4.69, 9.17) is 10.2 Å². The quantitative estimate of drug-likeness (QED) is 0.617. The predicted molar refractivity (Wildman–Crippen MR) is 71.4 cm³/mol. The maximum atomic E-state index is 12.0. The maximum absolute atomic E-state index is 12.0. The highest BCUT2D eigenvalue weighted by Gasteiger charge is 2.29. The van der Waals surface area contributed by atoms with E-state index in [1.54, 1.807) is 4.90 Å². The van der Waals surface area contributed by atoms with E-state index in [-0.39, 0.29) is 24.7 Å². The van der Waals surface area contributed by atoms with E-state index >= 15 is 0 Å². The van der Waals surface area contributed by atoms with Gasteiger partial charge in [-0.3, -0.25) is 14.4 Å². The molecule has 1 fully saturated rings. The molecule has 0 spiro atoms. The summed E-state index contributed by atoms with van der Waals surface area (Å²) in [5, 5.41) is 19.9. The van der Waals surface area contributed by atoms with Crippen LogP contribution in [0.2, 0.25) is 0 Å². The molecule has 1 heterocycles. The van der Waals surface area contributed by atoms with Gasteiger partial charge in [0.2, 0.25) is 11.8 Å². The molecule has 3 N–H and O–H groups in total. The molecule has 1 saturated heterocycles. The van der Waals surface area contributed by atoms with Crippen LogP contribution in [-0.2, 0) is 19.2 Å². The van der Waals surface area contributed by atoms with Gasteiger partial charge in [0, 0.05) is 32.4 Å². The van der Waals surface area contributed by atoms with Gasteiger partial charge < -0.3 is 20.4 Å². The van der Waals surface area contributed by atoms with Crippen molar-refractivity contribution in [2.75, 3.05) is 13.1 Å². The summed E-state index contributed by atoms with van der Waals surface area (Å²) in [4.78, 5) is 46.3. The Morgan fingerprint density at radius 2 is 1.76 bits per heavy atom. The summed E-state index contributed by atoms with van der Waals surface area (Å²) < 4.78 is 0. The second-order valence-electron chi connectivity index (χ2n) is 5.11. The van der Waals surface area contributed by atoms with Crippen LogP contribution in [0.15, 0.2) is 0 Å². The van der Waals surface area contributed by atoms with Crippen molar-refractivity contribution in [1.82, 2.24) is 10.2 Å². The molecule has 0 bridgehead atoms. The molecule has 8 heteroatoms. The van der Waals surface area contributed by atoms with E-state index in [0.29, 0.717) is 25.9 Å². The van der Waals surface area contributed by atoms with Gasteiger partial charge in [-0.1, -0.05) is 0 Å². The molecular formula is C13H20N2O6. The third-order valence-electron chi connectivity index (χ3n) is 3.57. The zero-order valence-corrected chi connectivity index (χ0v) is 11.9. The highest BCUT2D eigenvalue weighted by molar-refractivity contribution is 5.85. The van der Waals surface area contributed by atoms with Gasteiger partial charge in [0.15, 0.2) is 0 Å². The summed E-state index contributed by atoms with van der Waals surface area (Å²) in [7, 11) is 0. The Morgan fingerprint density at radius 1 is 1.19 bits per heavy atom. The Morgan fingerprint density at radius 3 is 2.19 bits per heavy atom. The lowest BCUT2D eigenvalue weighted by Gasteiger charge is -2.31. The fourth-order valence-electron chi connectivity index (χ4n) is 2.27. The first-order valence-electron chi connectivity index (χ1n) is 6.81. The molecule has 1 unspecified atom stereocenters. The largest absolute Gasteiger partial charge is 0.481 e. The van der Waals surface area contributed by atoms with Crippen molar-refractivity contribution in [3.8, 4) is 0 Å². The van der Waals surface area contributed by atoms with Gasteiger partial charge in [-0.25, -0.2) is 4.79 Å². The minimum Gasteiger partial charge on any atom is -0.481 e. The number of hydrogen-bond donors (Lipinski definition) is 3.